The maximum atomic E-state index is 12.6. The van der Waals surface area contributed by atoms with E-state index in [1.54, 1.807) is 23.5 Å². The van der Waals surface area contributed by atoms with Crippen molar-refractivity contribution < 1.29 is 9.21 Å². The number of carbonyl (C=O) groups is 1. The van der Waals surface area contributed by atoms with Crippen LogP contribution in [0.4, 0.5) is 0 Å². The Bertz CT molecular complexity index is 1690. The van der Waals surface area contributed by atoms with E-state index in [0.717, 1.165) is 36.9 Å². The topological polar surface area (TPSA) is 67.5 Å². The van der Waals surface area contributed by atoms with Gasteiger partial charge in [0.15, 0.2) is 0 Å². The summed E-state index contributed by atoms with van der Waals surface area (Å²) in [5.74, 6) is -0.306. The summed E-state index contributed by atoms with van der Waals surface area (Å²) >= 11 is 1.57. The molecule has 1 N–H and O–H groups in total. The van der Waals surface area contributed by atoms with E-state index in [4.69, 9.17) is 9.40 Å². The Hall–Kier alpha value is -4.29. The number of aromatic nitrogens is 1. The molecule has 158 valence electrons. The molecule has 4 aromatic carbocycles. The largest absolute Gasteiger partial charge is 0.436 e. The lowest BCUT2D eigenvalue weighted by Crippen LogP contribution is -2.22. The maximum Gasteiger partial charge on any atom is 0.271 e. The fourth-order valence-corrected chi connectivity index (χ4v) is 4.83. The minimum absolute atomic E-state index is 0.306. The molecule has 6 aromatic rings. The van der Waals surface area contributed by atoms with Crippen LogP contribution in [0.2, 0.25) is 0 Å². The zero-order valence-corrected chi connectivity index (χ0v) is 18.2. The molecule has 0 fully saturated rings. The molecule has 0 unspecified atom stereocenters. The van der Waals surface area contributed by atoms with Crippen LogP contribution < -0.4 is 11.0 Å². The van der Waals surface area contributed by atoms with Gasteiger partial charge < -0.3 is 4.42 Å². The van der Waals surface area contributed by atoms with Crippen LogP contribution in [0.3, 0.4) is 0 Å². The second kappa shape index (κ2) is 8.00. The SMILES string of the molecule is O=C(N/N=c1\oc2ccc3ccccc3c2cc1-c1nc2ccccc2s1)c1ccccc1. The Morgan fingerprint density at radius 3 is 2.52 bits per heavy atom. The van der Waals surface area contributed by atoms with Gasteiger partial charge in [-0.15, -0.1) is 16.4 Å². The highest BCUT2D eigenvalue weighted by molar-refractivity contribution is 7.21. The summed E-state index contributed by atoms with van der Waals surface area (Å²) in [7, 11) is 0. The van der Waals surface area contributed by atoms with E-state index in [2.05, 4.69) is 22.7 Å². The van der Waals surface area contributed by atoms with Crippen LogP contribution in [0, 0.1) is 0 Å². The number of hydrogen-bond acceptors (Lipinski definition) is 5. The number of para-hydroxylation sites is 1. The first-order valence-electron chi connectivity index (χ1n) is 10.5. The summed E-state index contributed by atoms with van der Waals surface area (Å²) in [5, 5.41) is 8.31. The Morgan fingerprint density at radius 2 is 1.64 bits per heavy atom. The summed E-state index contributed by atoms with van der Waals surface area (Å²) in [6.45, 7) is 0. The van der Waals surface area contributed by atoms with Crippen molar-refractivity contribution in [2.24, 2.45) is 5.10 Å². The summed E-state index contributed by atoms with van der Waals surface area (Å²) < 4.78 is 7.30. The number of thiazole rings is 1. The second-order valence-corrected chi connectivity index (χ2v) is 8.60. The van der Waals surface area contributed by atoms with Crippen LogP contribution in [-0.4, -0.2) is 10.9 Å². The van der Waals surface area contributed by atoms with Crippen LogP contribution in [0.5, 0.6) is 0 Å². The molecular formula is C27H17N3O2S. The van der Waals surface area contributed by atoms with Crippen molar-refractivity contribution >= 4 is 49.2 Å². The lowest BCUT2D eigenvalue weighted by molar-refractivity contribution is 0.0951. The van der Waals surface area contributed by atoms with E-state index < -0.39 is 0 Å². The molecule has 1 amide bonds. The van der Waals surface area contributed by atoms with Crippen molar-refractivity contribution in [2.75, 3.05) is 0 Å². The number of benzene rings is 4. The fraction of sp³-hybridized carbons (Fsp3) is 0. The van der Waals surface area contributed by atoms with E-state index in [1.165, 1.54) is 0 Å². The second-order valence-electron chi connectivity index (χ2n) is 7.57. The molecule has 0 saturated heterocycles. The molecule has 5 nitrogen and oxygen atoms in total. The number of fused-ring (bicyclic) bond motifs is 4. The molecule has 33 heavy (non-hydrogen) atoms. The van der Waals surface area contributed by atoms with Crippen molar-refractivity contribution in [1.82, 2.24) is 10.4 Å². The summed E-state index contributed by atoms with van der Waals surface area (Å²) in [6.07, 6.45) is 0. The first-order valence-corrected chi connectivity index (χ1v) is 11.3. The quantitative estimate of drug-likeness (QED) is 0.263. The monoisotopic (exact) mass is 447 g/mol. The number of nitrogens with one attached hydrogen (secondary N) is 1. The number of hydrogen-bond donors (Lipinski definition) is 1. The van der Waals surface area contributed by atoms with Crippen molar-refractivity contribution in [3.63, 3.8) is 0 Å². The first-order chi connectivity index (χ1) is 16.3. The molecule has 0 aliphatic carbocycles. The first kappa shape index (κ1) is 19.4. The third kappa shape index (κ3) is 3.56. The average molecular weight is 448 g/mol. The van der Waals surface area contributed by atoms with Crippen molar-refractivity contribution in [1.29, 1.82) is 0 Å². The van der Waals surface area contributed by atoms with E-state index >= 15 is 0 Å². The van der Waals surface area contributed by atoms with Crippen LogP contribution >= 0.6 is 11.3 Å². The zero-order valence-electron chi connectivity index (χ0n) is 17.4. The highest BCUT2D eigenvalue weighted by atomic mass is 32.1. The van der Waals surface area contributed by atoms with Crippen molar-refractivity contribution in [2.45, 2.75) is 0 Å². The van der Waals surface area contributed by atoms with Gasteiger partial charge in [-0.2, -0.15) is 0 Å². The summed E-state index contributed by atoms with van der Waals surface area (Å²) in [5.41, 5.74) is 5.79. The third-order valence-electron chi connectivity index (χ3n) is 5.48. The lowest BCUT2D eigenvalue weighted by Gasteiger charge is -2.06. The molecular weight excluding hydrogens is 430 g/mol. The molecule has 0 spiro atoms. The van der Waals surface area contributed by atoms with Gasteiger partial charge in [-0.25, -0.2) is 10.4 Å². The fourth-order valence-electron chi connectivity index (χ4n) is 3.86. The molecule has 0 aliphatic heterocycles. The predicted octanol–water partition coefficient (Wildman–Crippen LogP) is 6.11. The van der Waals surface area contributed by atoms with Gasteiger partial charge in [-0.3, -0.25) is 4.79 Å². The molecule has 2 aromatic heterocycles. The minimum Gasteiger partial charge on any atom is -0.436 e. The standard InChI is InChI=1S/C27H17N3O2S/c31-25(18-9-2-1-3-10-18)29-30-26-21(27-28-22-12-6-7-13-24(22)33-27)16-20-19-11-5-4-8-17(19)14-15-23(20)32-26/h1-16H,(H,29,31)/b30-26-. The zero-order chi connectivity index (χ0) is 22.2. The highest BCUT2D eigenvalue weighted by Gasteiger charge is 2.14. The minimum atomic E-state index is -0.306. The average Bonchev–Trinajstić information content (AvgIpc) is 3.31. The van der Waals surface area contributed by atoms with Gasteiger partial charge in [0.05, 0.1) is 15.8 Å². The Morgan fingerprint density at radius 1 is 0.848 bits per heavy atom. The van der Waals surface area contributed by atoms with Crippen LogP contribution in [0.1, 0.15) is 10.4 Å². The molecule has 0 aliphatic rings. The molecule has 6 rings (SSSR count). The smallest absolute Gasteiger partial charge is 0.271 e. The number of amides is 1. The summed E-state index contributed by atoms with van der Waals surface area (Å²) in [6, 6.07) is 31.1. The lowest BCUT2D eigenvalue weighted by atomic mass is 10.0. The Kier molecular flexibility index (Phi) is 4.70. The predicted molar refractivity (Wildman–Crippen MR) is 132 cm³/mol. The van der Waals surface area contributed by atoms with Gasteiger partial charge in [0.25, 0.3) is 5.91 Å². The highest BCUT2D eigenvalue weighted by Crippen LogP contribution is 2.32. The Balaban J connectivity index is 1.57. The maximum absolute atomic E-state index is 12.6. The number of nitrogens with zero attached hydrogens (tertiary/aromatic N) is 2. The van der Waals surface area contributed by atoms with E-state index in [0.29, 0.717) is 16.7 Å². The van der Waals surface area contributed by atoms with Gasteiger partial charge >= 0.3 is 0 Å². The van der Waals surface area contributed by atoms with Crippen molar-refractivity contribution in [3.05, 3.63) is 108 Å². The van der Waals surface area contributed by atoms with Crippen LogP contribution in [-0.2, 0) is 0 Å². The van der Waals surface area contributed by atoms with E-state index in [9.17, 15) is 4.79 Å². The normalized spacial score (nSPS) is 11.9. The number of rotatable bonds is 3. The van der Waals surface area contributed by atoms with E-state index in [1.807, 2.05) is 72.8 Å². The van der Waals surface area contributed by atoms with Gasteiger partial charge in [0, 0.05) is 10.9 Å². The number of carbonyl (C=O) groups excluding carboxylic acids is 1. The Labute approximate surface area is 192 Å². The van der Waals surface area contributed by atoms with Gasteiger partial charge in [0.2, 0.25) is 5.55 Å². The molecule has 6 heteroatoms. The molecule has 0 bridgehead atoms. The molecule has 0 atom stereocenters. The third-order valence-corrected chi connectivity index (χ3v) is 6.55. The molecule has 0 radical (unpaired) electrons. The molecule has 0 saturated carbocycles. The van der Waals surface area contributed by atoms with Crippen LogP contribution in [0.15, 0.2) is 107 Å². The van der Waals surface area contributed by atoms with Crippen LogP contribution in [0.25, 0.3) is 42.5 Å². The summed E-state index contributed by atoms with van der Waals surface area (Å²) in [4.78, 5) is 17.4. The van der Waals surface area contributed by atoms with Crippen molar-refractivity contribution in [3.8, 4) is 10.6 Å². The van der Waals surface area contributed by atoms with E-state index in [-0.39, 0.29) is 5.91 Å². The molecule has 2 heterocycles. The van der Waals surface area contributed by atoms with Gasteiger partial charge in [0.1, 0.15) is 10.6 Å². The van der Waals surface area contributed by atoms with Gasteiger partial charge in [-0.05, 0) is 47.2 Å². The van der Waals surface area contributed by atoms with Gasteiger partial charge in [-0.1, -0.05) is 60.7 Å².